The molecular weight excluding hydrogens is 268 g/mol. The third-order valence-electron chi connectivity index (χ3n) is 2.52. The van der Waals surface area contributed by atoms with Crippen molar-refractivity contribution in [1.82, 2.24) is 9.80 Å². The zero-order valence-corrected chi connectivity index (χ0v) is 13.8. The van der Waals surface area contributed by atoms with Crippen LogP contribution in [0.5, 0.6) is 0 Å². The molecule has 0 radical (unpaired) electrons. The number of esters is 1. The molecular formula is C16H26N2O3. The van der Waals surface area contributed by atoms with E-state index in [9.17, 15) is 9.59 Å². The molecule has 0 atom stereocenters. The number of ether oxygens (including phenoxy) is 1. The maximum absolute atomic E-state index is 12.3. The SMILES string of the molecule is CC.CC(=O)OCc1ccccc1C(=O)N(C)CN(C)C. The van der Waals surface area contributed by atoms with Crippen LogP contribution in [0.2, 0.25) is 0 Å². The molecule has 0 fully saturated rings. The summed E-state index contributed by atoms with van der Waals surface area (Å²) in [5.41, 5.74) is 1.28. The molecule has 1 rings (SSSR count). The predicted octanol–water partition coefficient (Wildman–Crippen LogP) is 2.37. The molecule has 0 heterocycles. The summed E-state index contributed by atoms with van der Waals surface area (Å²) < 4.78 is 4.96. The number of benzene rings is 1. The largest absolute Gasteiger partial charge is 0.461 e. The Labute approximate surface area is 127 Å². The third kappa shape index (κ3) is 6.90. The van der Waals surface area contributed by atoms with Gasteiger partial charge in [-0.25, -0.2) is 0 Å². The van der Waals surface area contributed by atoms with Crippen LogP contribution in [0, 0.1) is 0 Å². The lowest BCUT2D eigenvalue weighted by Gasteiger charge is -2.22. The Bertz CT molecular complexity index is 459. The lowest BCUT2D eigenvalue weighted by atomic mass is 10.1. The maximum Gasteiger partial charge on any atom is 0.302 e. The van der Waals surface area contributed by atoms with Gasteiger partial charge in [0, 0.05) is 25.1 Å². The van der Waals surface area contributed by atoms with Crippen LogP contribution in [0.1, 0.15) is 36.7 Å². The van der Waals surface area contributed by atoms with Crippen molar-refractivity contribution >= 4 is 11.9 Å². The smallest absolute Gasteiger partial charge is 0.302 e. The minimum absolute atomic E-state index is 0.0866. The maximum atomic E-state index is 12.3. The minimum Gasteiger partial charge on any atom is -0.461 e. The highest BCUT2D eigenvalue weighted by molar-refractivity contribution is 5.95. The van der Waals surface area contributed by atoms with Crippen LogP contribution < -0.4 is 0 Å². The Morgan fingerprint density at radius 3 is 2.19 bits per heavy atom. The van der Waals surface area contributed by atoms with Gasteiger partial charge in [-0.1, -0.05) is 32.0 Å². The van der Waals surface area contributed by atoms with Gasteiger partial charge < -0.3 is 9.64 Å². The van der Waals surface area contributed by atoms with Crippen molar-refractivity contribution in [2.24, 2.45) is 0 Å². The van der Waals surface area contributed by atoms with E-state index < -0.39 is 0 Å². The quantitative estimate of drug-likeness (QED) is 0.618. The first-order valence-corrected chi connectivity index (χ1v) is 7.03. The number of nitrogens with zero attached hydrogens (tertiary/aromatic N) is 2. The number of carbonyl (C=O) groups is 2. The summed E-state index contributed by atoms with van der Waals surface area (Å²) in [5.74, 6) is -0.444. The summed E-state index contributed by atoms with van der Waals surface area (Å²) in [5, 5.41) is 0. The molecule has 0 aliphatic heterocycles. The first-order valence-electron chi connectivity index (χ1n) is 7.03. The van der Waals surface area contributed by atoms with E-state index in [0.29, 0.717) is 17.8 Å². The Kier molecular flexibility index (Phi) is 9.05. The van der Waals surface area contributed by atoms with E-state index in [1.54, 1.807) is 30.1 Å². The van der Waals surface area contributed by atoms with Crippen LogP contribution in [0.25, 0.3) is 0 Å². The molecule has 0 aliphatic carbocycles. The van der Waals surface area contributed by atoms with Gasteiger partial charge in [-0.2, -0.15) is 0 Å². The topological polar surface area (TPSA) is 49.9 Å². The van der Waals surface area contributed by atoms with Crippen molar-refractivity contribution < 1.29 is 14.3 Å². The van der Waals surface area contributed by atoms with Crippen molar-refractivity contribution in [3.63, 3.8) is 0 Å². The molecule has 0 saturated heterocycles. The van der Waals surface area contributed by atoms with Gasteiger partial charge in [-0.05, 0) is 20.2 Å². The van der Waals surface area contributed by atoms with Crippen LogP contribution >= 0.6 is 0 Å². The zero-order valence-electron chi connectivity index (χ0n) is 13.8. The highest BCUT2D eigenvalue weighted by atomic mass is 16.5. The van der Waals surface area contributed by atoms with Gasteiger partial charge in [0.05, 0.1) is 6.67 Å². The van der Waals surface area contributed by atoms with Gasteiger partial charge in [0.15, 0.2) is 0 Å². The second kappa shape index (κ2) is 9.94. The fourth-order valence-corrected chi connectivity index (χ4v) is 1.73. The number of hydrogen-bond donors (Lipinski definition) is 0. The molecule has 1 aromatic carbocycles. The molecule has 0 saturated carbocycles. The molecule has 1 aromatic rings. The Morgan fingerprint density at radius 1 is 1.10 bits per heavy atom. The molecule has 0 aromatic heterocycles. The summed E-state index contributed by atoms with van der Waals surface area (Å²) >= 11 is 0. The summed E-state index contributed by atoms with van der Waals surface area (Å²) in [6, 6.07) is 7.16. The van der Waals surface area contributed by atoms with Gasteiger partial charge >= 0.3 is 5.97 Å². The number of hydrogen-bond acceptors (Lipinski definition) is 4. The van der Waals surface area contributed by atoms with E-state index in [-0.39, 0.29) is 18.5 Å². The first kappa shape index (κ1) is 19.1. The van der Waals surface area contributed by atoms with E-state index >= 15 is 0 Å². The van der Waals surface area contributed by atoms with E-state index in [2.05, 4.69) is 0 Å². The van der Waals surface area contributed by atoms with Crippen LogP contribution in [0.3, 0.4) is 0 Å². The average Bonchev–Trinajstić information content (AvgIpc) is 2.46. The predicted molar refractivity (Wildman–Crippen MR) is 83.9 cm³/mol. The van der Waals surface area contributed by atoms with Gasteiger partial charge in [0.1, 0.15) is 6.61 Å². The first-order chi connectivity index (χ1) is 9.91. The summed E-state index contributed by atoms with van der Waals surface area (Å²) in [6.45, 7) is 6.00. The lowest BCUT2D eigenvalue weighted by molar-refractivity contribution is -0.142. The summed E-state index contributed by atoms with van der Waals surface area (Å²) in [6.07, 6.45) is 0. The number of rotatable bonds is 5. The van der Waals surface area contributed by atoms with E-state index in [1.165, 1.54) is 6.92 Å². The number of carbonyl (C=O) groups excluding carboxylic acids is 2. The Hall–Kier alpha value is -1.88. The molecule has 0 spiro atoms. The molecule has 0 unspecified atom stereocenters. The zero-order chi connectivity index (χ0) is 16.4. The van der Waals surface area contributed by atoms with Crippen molar-refractivity contribution in [1.29, 1.82) is 0 Å². The van der Waals surface area contributed by atoms with Gasteiger partial charge in [0.25, 0.3) is 5.91 Å². The fourth-order valence-electron chi connectivity index (χ4n) is 1.73. The second-order valence-electron chi connectivity index (χ2n) is 4.66. The molecule has 21 heavy (non-hydrogen) atoms. The molecule has 1 amide bonds. The standard InChI is InChI=1S/C14H20N2O3.C2H6/c1-11(17)19-9-12-7-5-6-8-13(12)14(18)16(4)10-15(2)3;1-2/h5-8H,9-10H2,1-4H3;1-2H3. The van der Waals surface area contributed by atoms with E-state index in [4.69, 9.17) is 4.74 Å². The Balaban J connectivity index is 0.00000191. The Morgan fingerprint density at radius 2 is 1.67 bits per heavy atom. The van der Waals surface area contributed by atoms with E-state index in [0.717, 1.165) is 0 Å². The molecule has 0 bridgehead atoms. The van der Waals surface area contributed by atoms with E-state index in [1.807, 2.05) is 38.9 Å². The molecule has 5 nitrogen and oxygen atoms in total. The van der Waals surface area contributed by atoms with Crippen LogP contribution in [-0.2, 0) is 16.1 Å². The molecule has 0 aliphatic rings. The van der Waals surface area contributed by atoms with Crippen molar-refractivity contribution in [3.8, 4) is 0 Å². The van der Waals surface area contributed by atoms with Crippen LogP contribution in [-0.4, -0.2) is 49.5 Å². The van der Waals surface area contributed by atoms with Gasteiger partial charge in [-0.3, -0.25) is 14.5 Å². The van der Waals surface area contributed by atoms with Crippen molar-refractivity contribution in [2.75, 3.05) is 27.8 Å². The van der Waals surface area contributed by atoms with Crippen LogP contribution in [0.4, 0.5) is 0 Å². The monoisotopic (exact) mass is 294 g/mol. The van der Waals surface area contributed by atoms with Gasteiger partial charge in [0.2, 0.25) is 0 Å². The van der Waals surface area contributed by atoms with Gasteiger partial charge in [-0.15, -0.1) is 0 Å². The molecule has 118 valence electrons. The fraction of sp³-hybridized carbons (Fsp3) is 0.500. The normalized spacial score (nSPS) is 9.67. The molecule has 0 N–H and O–H groups in total. The number of amides is 1. The van der Waals surface area contributed by atoms with Crippen LogP contribution in [0.15, 0.2) is 24.3 Å². The van der Waals surface area contributed by atoms with Crippen molar-refractivity contribution in [2.45, 2.75) is 27.4 Å². The van der Waals surface area contributed by atoms with Crippen molar-refractivity contribution in [3.05, 3.63) is 35.4 Å². The highest BCUT2D eigenvalue weighted by Gasteiger charge is 2.16. The average molecular weight is 294 g/mol. The minimum atomic E-state index is -0.358. The lowest BCUT2D eigenvalue weighted by Crippen LogP contribution is -2.35. The summed E-state index contributed by atoms with van der Waals surface area (Å²) in [7, 11) is 5.54. The second-order valence-corrected chi connectivity index (χ2v) is 4.66. The molecule has 5 heteroatoms. The third-order valence-corrected chi connectivity index (χ3v) is 2.52. The highest BCUT2D eigenvalue weighted by Crippen LogP contribution is 2.12. The summed E-state index contributed by atoms with van der Waals surface area (Å²) in [4.78, 5) is 26.7.